The Labute approximate surface area is 135 Å². The van der Waals surface area contributed by atoms with E-state index in [-0.39, 0.29) is 17.4 Å². The predicted molar refractivity (Wildman–Crippen MR) is 81.4 cm³/mol. The van der Waals surface area contributed by atoms with Crippen molar-refractivity contribution in [3.8, 4) is 11.1 Å². The summed E-state index contributed by atoms with van der Waals surface area (Å²) in [6.07, 6.45) is 0. The van der Waals surface area contributed by atoms with Gasteiger partial charge in [-0.3, -0.25) is 0 Å². The molecular weight excluding hydrogens is 304 g/mol. The van der Waals surface area contributed by atoms with Crippen LogP contribution in [0.5, 0.6) is 0 Å². The Morgan fingerprint density at radius 1 is 0.524 bits per heavy atom. The van der Waals surface area contributed by atoms with Crippen molar-refractivity contribution in [3.63, 3.8) is 0 Å². The van der Waals surface area contributed by atoms with Gasteiger partial charge in [0.15, 0.2) is 0 Å². The number of fused-ring (bicyclic) bond motifs is 3. The summed E-state index contributed by atoms with van der Waals surface area (Å²) < 4.78 is 0. The molecule has 4 heteroatoms. The third kappa shape index (κ3) is 4.35. The van der Waals surface area contributed by atoms with E-state index in [0.29, 0.717) is 0 Å². The minimum atomic E-state index is 0. The molecule has 0 N–H and O–H groups in total. The quantitative estimate of drug-likeness (QED) is 0.639. The monoisotopic (exact) mass is 320 g/mol. The van der Waals surface area contributed by atoms with Gasteiger partial charge in [-0.05, 0) is 27.8 Å². The molecule has 0 aromatic heterocycles. The first-order chi connectivity index (χ1) is 9.88. The van der Waals surface area contributed by atoms with Gasteiger partial charge in [-0.25, -0.2) is 0 Å². The Hall–Kier alpha value is -2.28. The summed E-state index contributed by atoms with van der Waals surface area (Å²) in [5.74, 6) is 0. The summed E-state index contributed by atoms with van der Waals surface area (Å²) in [6, 6.07) is 16.9. The van der Waals surface area contributed by atoms with Gasteiger partial charge in [0.25, 0.3) is 0 Å². The van der Waals surface area contributed by atoms with Crippen LogP contribution in [0.1, 0.15) is 11.1 Å². The molecule has 0 amide bonds. The minimum absolute atomic E-state index is 0. The number of hydrogen-bond donors (Lipinski definition) is 0. The van der Waals surface area contributed by atoms with E-state index < -0.39 is 0 Å². The van der Waals surface area contributed by atoms with Crippen molar-refractivity contribution in [2.24, 2.45) is 0 Å². The van der Waals surface area contributed by atoms with Crippen LogP contribution in [0.25, 0.3) is 16.7 Å². The third-order valence-corrected chi connectivity index (χ3v) is 2.79. The molecule has 3 nitrogen and oxygen atoms in total. The first-order valence-electron chi connectivity index (χ1n) is 5.62. The van der Waals surface area contributed by atoms with E-state index in [0.717, 1.165) is 5.57 Å². The van der Waals surface area contributed by atoms with Crippen LogP contribution < -0.4 is 0 Å². The van der Waals surface area contributed by atoms with Crippen LogP contribution in [-0.2, 0) is 31.7 Å². The van der Waals surface area contributed by atoms with Crippen LogP contribution in [0.4, 0.5) is 0 Å². The molecule has 1 aliphatic carbocycles. The van der Waals surface area contributed by atoms with Crippen LogP contribution in [-0.4, -0.2) is 20.4 Å². The van der Waals surface area contributed by atoms with Gasteiger partial charge in [-0.2, -0.15) is 0 Å². The van der Waals surface area contributed by atoms with Crippen molar-refractivity contribution in [1.29, 1.82) is 0 Å². The van der Waals surface area contributed by atoms with Gasteiger partial charge in [0, 0.05) is 17.4 Å². The zero-order chi connectivity index (χ0) is 15.5. The normalized spacial score (nSPS) is 8.86. The van der Waals surface area contributed by atoms with Gasteiger partial charge >= 0.3 is 0 Å². The molecule has 3 rings (SSSR count). The topological polar surface area (TPSA) is 51.2 Å². The van der Waals surface area contributed by atoms with E-state index in [1.807, 2.05) is 20.4 Å². The van der Waals surface area contributed by atoms with Crippen LogP contribution >= 0.6 is 0 Å². The van der Waals surface area contributed by atoms with E-state index in [1.165, 1.54) is 22.3 Å². The largest absolute Gasteiger partial charge is 0.307 e. The van der Waals surface area contributed by atoms with Gasteiger partial charge in [0.05, 0.1) is 0 Å². The third-order valence-electron chi connectivity index (χ3n) is 2.79. The van der Waals surface area contributed by atoms with Crippen LogP contribution in [0.3, 0.4) is 0 Å². The summed E-state index contributed by atoms with van der Waals surface area (Å²) in [7, 11) is 0. The fourth-order valence-electron chi connectivity index (χ4n) is 2.11. The standard InChI is InChI=1S/C14H10.3CH2O.Cr/c1-10-11-6-2-4-8-13(11)14-9-5-3-7-12(10)14;3*1-2;/h2-9H,1H2;3*1H2;. The number of rotatable bonds is 0. The van der Waals surface area contributed by atoms with Gasteiger partial charge in [0.1, 0.15) is 20.4 Å². The number of hydrogen-bond acceptors (Lipinski definition) is 3. The summed E-state index contributed by atoms with van der Waals surface area (Å²) >= 11 is 0. The molecule has 1 aliphatic rings. The Morgan fingerprint density at radius 2 is 0.762 bits per heavy atom. The van der Waals surface area contributed by atoms with Crippen molar-refractivity contribution in [1.82, 2.24) is 0 Å². The minimum Gasteiger partial charge on any atom is -0.307 e. The molecular formula is C17H16CrO3. The Morgan fingerprint density at radius 3 is 1.05 bits per heavy atom. The van der Waals surface area contributed by atoms with Gasteiger partial charge < -0.3 is 14.4 Å². The molecule has 0 heterocycles. The predicted octanol–water partition coefficient (Wildman–Crippen LogP) is 3.17. The molecule has 0 atom stereocenters. The van der Waals surface area contributed by atoms with E-state index in [2.05, 4.69) is 55.1 Å². The SMILES string of the molecule is C=C1c2ccccc2-c2ccccc21.C=O.C=O.C=O.[Cr]. The maximum absolute atomic E-state index is 8.00. The molecule has 2 aromatic carbocycles. The fraction of sp³-hybridized carbons (Fsp3) is 0. The molecule has 21 heavy (non-hydrogen) atoms. The first kappa shape index (κ1) is 21.0. The first-order valence-corrected chi connectivity index (χ1v) is 5.62. The molecule has 0 saturated carbocycles. The molecule has 0 unspecified atom stereocenters. The average molecular weight is 320 g/mol. The molecule has 0 bridgehead atoms. The van der Waals surface area contributed by atoms with Crippen molar-refractivity contribution < 1.29 is 31.7 Å². The fourth-order valence-corrected chi connectivity index (χ4v) is 2.11. The van der Waals surface area contributed by atoms with Gasteiger partial charge in [-0.1, -0.05) is 55.1 Å². The van der Waals surface area contributed by atoms with Crippen LogP contribution in [0.2, 0.25) is 0 Å². The van der Waals surface area contributed by atoms with E-state index in [1.54, 1.807) is 0 Å². The number of benzene rings is 2. The average Bonchev–Trinajstić information content (AvgIpc) is 2.87. The van der Waals surface area contributed by atoms with Crippen LogP contribution in [0, 0.1) is 0 Å². The molecule has 0 radical (unpaired) electrons. The van der Waals surface area contributed by atoms with Crippen molar-refractivity contribution in [2.75, 3.05) is 0 Å². The summed E-state index contributed by atoms with van der Waals surface area (Å²) in [5, 5.41) is 0. The van der Waals surface area contributed by atoms with Gasteiger partial charge in [-0.15, -0.1) is 0 Å². The van der Waals surface area contributed by atoms with E-state index in [4.69, 9.17) is 14.4 Å². The zero-order valence-electron chi connectivity index (χ0n) is 11.6. The van der Waals surface area contributed by atoms with Gasteiger partial charge in [0.2, 0.25) is 0 Å². The van der Waals surface area contributed by atoms with Crippen molar-refractivity contribution in [3.05, 3.63) is 66.2 Å². The van der Waals surface area contributed by atoms with Crippen molar-refractivity contribution in [2.45, 2.75) is 0 Å². The summed E-state index contributed by atoms with van der Waals surface area (Å²) in [5.41, 5.74) is 6.32. The maximum Gasteiger partial charge on any atom is 0.106 e. The Kier molecular flexibility index (Phi) is 11.6. The molecule has 0 spiro atoms. The summed E-state index contributed by atoms with van der Waals surface area (Å²) in [4.78, 5) is 24.0. The molecule has 0 aliphatic heterocycles. The summed E-state index contributed by atoms with van der Waals surface area (Å²) in [6.45, 7) is 10.1. The van der Waals surface area contributed by atoms with Crippen LogP contribution in [0.15, 0.2) is 55.1 Å². The van der Waals surface area contributed by atoms with E-state index in [9.17, 15) is 0 Å². The second-order valence-electron chi connectivity index (χ2n) is 3.57. The second kappa shape index (κ2) is 11.5. The molecule has 108 valence electrons. The molecule has 2 aromatic rings. The molecule has 0 fully saturated rings. The van der Waals surface area contributed by atoms with E-state index >= 15 is 0 Å². The zero-order valence-corrected chi connectivity index (χ0v) is 12.9. The second-order valence-corrected chi connectivity index (χ2v) is 3.57. The molecule has 0 saturated heterocycles. The Bertz CT molecular complexity index is 529. The smallest absolute Gasteiger partial charge is 0.106 e. The number of carbonyl (C=O) groups is 3. The Balaban J connectivity index is 0. The number of carbonyl (C=O) groups excluding carboxylic acids is 3. The van der Waals surface area contributed by atoms with Crippen molar-refractivity contribution >= 4 is 25.9 Å². The maximum atomic E-state index is 8.00.